The lowest BCUT2D eigenvalue weighted by atomic mass is 9.76. The molecule has 0 atom stereocenters. The predicted octanol–water partition coefficient (Wildman–Crippen LogP) is 7.92. The number of hydrogen-bond donors (Lipinski definition) is 0. The van der Waals surface area contributed by atoms with E-state index in [4.69, 9.17) is 4.74 Å². The Balaban J connectivity index is 1.63. The maximum atomic E-state index is 14.5. The number of hydrogen-bond acceptors (Lipinski definition) is 1. The minimum atomic E-state index is -0.884. The van der Waals surface area contributed by atoms with Crippen molar-refractivity contribution in [3.63, 3.8) is 0 Å². The monoisotopic (exact) mass is 402 g/mol. The van der Waals surface area contributed by atoms with Crippen LogP contribution >= 0.6 is 0 Å². The van der Waals surface area contributed by atoms with Crippen LogP contribution in [0.5, 0.6) is 5.75 Å². The molecule has 0 aromatic heterocycles. The second kappa shape index (κ2) is 10.00. The molecule has 0 aliphatic heterocycles. The first kappa shape index (κ1) is 21.5. The van der Waals surface area contributed by atoms with Crippen LogP contribution in [-0.4, -0.2) is 6.61 Å². The van der Waals surface area contributed by atoms with E-state index in [1.165, 1.54) is 11.6 Å². The highest BCUT2D eigenvalue weighted by atomic mass is 19.2. The summed E-state index contributed by atoms with van der Waals surface area (Å²) in [5.74, 6) is -1.34. The van der Waals surface area contributed by atoms with Crippen LogP contribution < -0.4 is 4.74 Å². The molecule has 0 bridgehead atoms. The molecule has 1 aliphatic carbocycles. The van der Waals surface area contributed by atoms with Crippen LogP contribution in [0.25, 0.3) is 6.08 Å². The Morgan fingerprint density at radius 2 is 1.59 bits per heavy atom. The van der Waals surface area contributed by atoms with Crippen molar-refractivity contribution in [1.82, 2.24) is 0 Å². The van der Waals surface area contributed by atoms with Gasteiger partial charge in [-0.05, 0) is 86.1 Å². The summed E-state index contributed by atoms with van der Waals surface area (Å²) in [7, 11) is 0. The predicted molar refractivity (Wildman–Crippen MR) is 112 cm³/mol. The SMILES string of the molecule is CCCC(F)=Cc1ccc(C2CCC(c3ccc(OCC)c(F)c3F)CC2)cc1. The van der Waals surface area contributed by atoms with E-state index in [-0.39, 0.29) is 17.5 Å². The highest BCUT2D eigenvalue weighted by molar-refractivity contribution is 5.51. The molecule has 3 rings (SSSR count). The van der Waals surface area contributed by atoms with Crippen LogP contribution in [0.2, 0.25) is 0 Å². The lowest BCUT2D eigenvalue weighted by molar-refractivity contribution is 0.310. The van der Waals surface area contributed by atoms with E-state index in [2.05, 4.69) is 12.1 Å². The van der Waals surface area contributed by atoms with E-state index in [1.807, 2.05) is 19.1 Å². The zero-order valence-electron chi connectivity index (χ0n) is 17.2. The molecular formula is C25H29F3O. The fourth-order valence-corrected chi connectivity index (χ4v) is 4.22. The van der Waals surface area contributed by atoms with Crippen molar-refractivity contribution in [1.29, 1.82) is 0 Å². The molecule has 0 radical (unpaired) electrons. The molecular weight excluding hydrogens is 373 g/mol. The molecule has 0 amide bonds. The molecule has 29 heavy (non-hydrogen) atoms. The van der Waals surface area contributed by atoms with Crippen molar-refractivity contribution in [2.45, 2.75) is 64.2 Å². The van der Waals surface area contributed by atoms with Gasteiger partial charge in [-0.25, -0.2) is 8.78 Å². The number of allylic oxidation sites excluding steroid dienone is 1. The Bertz CT molecular complexity index is 834. The standard InChI is InChI=1S/C25H29F3O/c1-3-5-21(26)16-17-6-8-18(9-7-17)19-10-12-20(13-11-19)22-14-15-23(29-4-2)25(28)24(22)27/h6-9,14-16,19-20H,3-5,10-13H2,1-2H3. The Kier molecular flexibility index (Phi) is 7.40. The van der Waals surface area contributed by atoms with E-state index in [9.17, 15) is 13.2 Å². The second-order valence-corrected chi connectivity index (χ2v) is 7.77. The Morgan fingerprint density at radius 1 is 0.931 bits per heavy atom. The van der Waals surface area contributed by atoms with Crippen LogP contribution in [0.4, 0.5) is 13.2 Å². The third kappa shape index (κ3) is 5.23. The minimum Gasteiger partial charge on any atom is -0.491 e. The van der Waals surface area contributed by atoms with Gasteiger partial charge in [0.15, 0.2) is 11.6 Å². The molecule has 0 saturated heterocycles. The van der Waals surface area contributed by atoms with Crippen molar-refractivity contribution < 1.29 is 17.9 Å². The third-order valence-corrected chi connectivity index (χ3v) is 5.76. The largest absolute Gasteiger partial charge is 0.491 e. The van der Waals surface area contributed by atoms with Crippen LogP contribution in [-0.2, 0) is 0 Å². The highest BCUT2D eigenvalue weighted by Crippen LogP contribution is 2.42. The molecule has 0 unspecified atom stereocenters. The van der Waals surface area contributed by atoms with Gasteiger partial charge in [0.25, 0.3) is 0 Å². The Morgan fingerprint density at radius 3 is 2.21 bits per heavy atom. The lowest BCUT2D eigenvalue weighted by Crippen LogP contribution is -2.14. The fourth-order valence-electron chi connectivity index (χ4n) is 4.22. The molecule has 1 fully saturated rings. The summed E-state index contributed by atoms with van der Waals surface area (Å²) in [5.41, 5.74) is 2.56. The van der Waals surface area contributed by atoms with Gasteiger partial charge in [0, 0.05) is 0 Å². The maximum Gasteiger partial charge on any atom is 0.200 e. The van der Waals surface area contributed by atoms with Gasteiger partial charge in [0.1, 0.15) is 5.83 Å². The minimum absolute atomic E-state index is 0.0213. The molecule has 0 N–H and O–H groups in total. The Labute approximate surface area is 171 Å². The van der Waals surface area contributed by atoms with Crippen molar-refractivity contribution in [2.75, 3.05) is 6.61 Å². The zero-order chi connectivity index (χ0) is 20.8. The molecule has 1 saturated carbocycles. The number of rotatable bonds is 7. The van der Waals surface area contributed by atoms with Gasteiger partial charge in [-0.15, -0.1) is 0 Å². The molecule has 156 valence electrons. The molecule has 1 aliphatic rings. The Hall–Kier alpha value is -2.23. The van der Waals surface area contributed by atoms with Gasteiger partial charge >= 0.3 is 0 Å². The van der Waals surface area contributed by atoms with Crippen molar-refractivity contribution in [3.8, 4) is 5.75 Å². The lowest BCUT2D eigenvalue weighted by Gasteiger charge is -2.29. The zero-order valence-corrected chi connectivity index (χ0v) is 17.2. The summed E-state index contributed by atoms with van der Waals surface area (Å²) in [6.07, 6.45) is 6.35. The average Bonchev–Trinajstić information content (AvgIpc) is 2.73. The van der Waals surface area contributed by atoms with Crippen LogP contribution in [0.1, 0.15) is 80.9 Å². The summed E-state index contributed by atoms with van der Waals surface area (Å²) in [6.45, 7) is 4.01. The number of benzene rings is 2. The van der Waals surface area contributed by atoms with Crippen LogP contribution in [0.15, 0.2) is 42.2 Å². The summed E-state index contributed by atoms with van der Waals surface area (Å²) in [5, 5.41) is 0. The van der Waals surface area contributed by atoms with Gasteiger partial charge in [0.2, 0.25) is 5.82 Å². The maximum absolute atomic E-state index is 14.5. The molecule has 0 spiro atoms. The molecule has 4 heteroatoms. The van der Waals surface area contributed by atoms with Crippen molar-refractivity contribution in [3.05, 3.63) is 70.5 Å². The molecule has 2 aromatic carbocycles. The van der Waals surface area contributed by atoms with Crippen LogP contribution in [0, 0.1) is 11.6 Å². The average molecular weight is 403 g/mol. The number of halogens is 3. The summed E-state index contributed by atoms with van der Waals surface area (Å²) < 4.78 is 47.5. The summed E-state index contributed by atoms with van der Waals surface area (Å²) in [4.78, 5) is 0. The van der Waals surface area contributed by atoms with Gasteiger partial charge < -0.3 is 4.74 Å². The second-order valence-electron chi connectivity index (χ2n) is 7.77. The highest BCUT2D eigenvalue weighted by Gasteiger charge is 2.27. The van der Waals surface area contributed by atoms with Crippen molar-refractivity contribution >= 4 is 6.08 Å². The topological polar surface area (TPSA) is 9.23 Å². The van der Waals surface area contributed by atoms with Gasteiger partial charge in [-0.2, -0.15) is 4.39 Å². The molecule has 2 aromatic rings. The third-order valence-electron chi connectivity index (χ3n) is 5.76. The van der Waals surface area contributed by atoms with Gasteiger partial charge in [-0.3, -0.25) is 0 Å². The fraction of sp³-hybridized carbons (Fsp3) is 0.440. The first-order valence-electron chi connectivity index (χ1n) is 10.6. The van der Waals surface area contributed by atoms with Crippen molar-refractivity contribution in [2.24, 2.45) is 0 Å². The van der Waals surface area contributed by atoms with E-state index in [0.717, 1.165) is 37.7 Å². The normalized spacial score (nSPS) is 20.0. The van der Waals surface area contributed by atoms with Gasteiger partial charge in [-0.1, -0.05) is 37.3 Å². The van der Waals surface area contributed by atoms with Crippen LogP contribution in [0.3, 0.4) is 0 Å². The van der Waals surface area contributed by atoms with Gasteiger partial charge in [0.05, 0.1) is 6.61 Å². The molecule has 1 nitrogen and oxygen atoms in total. The summed E-state index contributed by atoms with van der Waals surface area (Å²) >= 11 is 0. The quantitative estimate of drug-likeness (QED) is 0.457. The first-order chi connectivity index (χ1) is 14.0. The van der Waals surface area contributed by atoms with E-state index in [0.29, 0.717) is 24.5 Å². The molecule has 0 heterocycles. The number of ether oxygens (including phenoxy) is 1. The van der Waals surface area contributed by atoms with E-state index < -0.39 is 11.6 Å². The van der Waals surface area contributed by atoms with E-state index >= 15 is 0 Å². The van der Waals surface area contributed by atoms with E-state index in [1.54, 1.807) is 19.1 Å². The first-order valence-corrected chi connectivity index (χ1v) is 10.6. The summed E-state index contributed by atoms with van der Waals surface area (Å²) in [6, 6.07) is 11.2. The smallest absolute Gasteiger partial charge is 0.200 e.